The fourth-order valence-corrected chi connectivity index (χ4v) is 3.46. The summed E-state index contributed by atoms with van der Waals surface area (Å²) in [6.07, 6.45) is 2.51. The zero-order chi connectivity index (χ0) is 13.3. The molecule has 0 unspecified atom stereocenters. The maximum Gasteiger partial charge on any atom is 0.164 e. The van der Waals surface area contributed by atoms with Crippen molar-refractivity contribution in [3.05, 3.63) is 23.3 Å². The molecule has 92 valence electrons. The predicted molar refractivity (Wildman–Crippen MR) is 60.9 cm³/mol. The molecule has 2 aliphatic heterocycles. The second kappa shape index (κ2) is 2.97. The number of nitrogens with two attached hydrogens (primary N) is 1. The van der Waals surface area contributed by atoms with E-state index >= 15 is 0 Å². The lowest BCUT2D eigenvalue weighted by Crippen LogP contribution is -2.54. The molecule has 5 heteroatoms. The minimum atomic E-state index is -1.45. The first-order valence-corrected chi connectivity index (χ1v) is 5.73. The van der Waals surface area contributed by atoms with Gasteiger partial charge in [0.15, 0.2) is 17.3 Å². The van der Waals surface area contributed by atoms with E-state index in [0.717, 1.165) is 0 Å². The second-order valence-corrected chi connectivity index (χ2v) is 5.21. The average molecular weight is 244 g/mol. The largest absolute Gasteiger partial charge is 0.344 e. The van der Waals surface area contributed by atoms with Gasteiger partial charge in [0.1, 0.15) is 5.60 Å². The van der Waals surface area contributed by atoms with E-state index in [9.17, 15) is 14.9 Å². The van der Waals surface area contributed by atoms with Gasteiger partial charge in [0.05, 0.1) is 23.5 Å². The quantitative estimate of drug-likeness (QED) is 0.658. The number of carbonyl (C=O) groups excluding carboxylic acids is 2. The lowest BCUT2D eigenvalue weighted by atomic mass is 9.63. The van der Waals surface area contributed by atoms with Crippen molar-refractivity contribution in [2.24, 2.45) is 17.6 Å². The van der Waals surface area contributed by atoms with Gasteiger partial charge in [-0.1, -0.05) is 0 Å². The number of nitrogens with zero attached hydrogens (tertiary/aromatic N) is 1. The fraction of sp³-hybridized carbons (Fsp3) is 0.462. The monoisotopic (exact) mass is 244 g/mol. The number of ketones is 2. The molecule has 0 aromatic carbocycles. The van der Waals surface area contributed by atoms with Gasteiger partial charge in [0.25, 0.3) is 0 Å². The molecule has 0 aromatic rings. The van der Waals surface area contributed by atoms with E-state index in [1.807, 2.05) is 6.07 Å². The third-order valence-corrected chi connectivity index (χ3v) is 4.42. The van der Waals surface area contributed by atoms with E-state index in [-0.39, 0.29) is 17.1 Å². The maximum atomic E-state index is 12.0. The summed E-state index contributed by atoms with van der Waals surface area (Å²) in [5.41, 5.74) is 4.67. The van der Waals surface area contributed by atoms with Crippen LogP contribution in [0.4, 0.5) is 0 Å². The third kappa shape index (κ3) is 0.949. The van der Waals surface area contributed by atoms with Crippen molar-refractivity contribution >= 4 is 11.6 Å². The lowest BCUT2D eigenvalue weighted by Gasteiger charge is -2.35. The molecule has 5 nitrogen and oxygen atoms in total. The van der Waals surface area contributed by atoms with Gasteiger partial charge in [-0.3, -0.25) is 15.3 Å². The van der Waals surface area contributed by atoms with Gasteiger partial charge in [-0.05, 0) is 31.6 Å². The smallest absolute Gasteiger partial charge is 0.164 e. The molecule has 1 saturated heterocycles. The molecule has 4 atom stereocenters. The number of hydrogen-bond acceptors (Lipinski definition) is 5. The molecule has 2 heterocycles. The molecule has 0 saturated carbocycles. The number of ether oxygens (including phenoxy) is 1. The minimum absolute atomic E-state index is 0.161. The Morgan fingerprint density at radius 2 is 1.89 bits per heavy atom. The van der Waals surface area contributed by atoms with Crippen molar-refractivity contribution in [3.63, 3.8) is 0 Å². The van der Waals surface area contributed by atoms with Gasteiger partial charge in [-0.2, -0.15) is 5.26 Å². The van der Waals surface area contributed by atoms with E-state index in [4.69, 9.17) is 10.5 Å². The minimum Gasteiger partial charge on any atom is -0.344 e. The summed E-state index contributed by atoms with van der Waals surface area (Å²) in [5.74, 6) is -1.80. The topological polar surface area (TPSA) is 93.2 Å². The van der Waals surface area contributed by atoms with Crippen LogP contribution < -0.4 is 5.73 Å². The number of rotatable bonds is 0. The number of allylic oxidation sites excluding steroid dienone is 2. The van der Waals surface area contributed by atoms with Crippen molar-refractivity contribution in [1.29, 1.82) is 5.26 Å². The Bertz CT molecular complexity index is 598. The SMILES string of the molecule is CC1=C(C#N)[C@@]2(N)O[C@@]1(C)[C@H]1C(=O)C=CC(=O)[C@H]12. The molecule has 0 amide bonds. The number of hydrogen-bond donors (Lipinski definition) is 1. The zero-order valence-electron chi connectivity index (χ0n) is 10.1. The fourth-order valence-electron chi connectivity index (χ4n) is 3.46. The Hall–Kier alpha value is -1.77. The van der Waals surface area contributed by atoms with E-state index in [1.165, 1.54) is 12.2 Å². The van der Waals surface area contributed by atoms with Crippen LogP contribution in [-0.2, 0) is 14.3 Å². The Morgan fingerprint density at radius 3 is 2.44 bits per heavy atom. The number of nitriles is 1. The standard InChI is InChI=1S/C13H12N2O3/c1-6-7(5-14)13(15)11-9(17)4-3-8(16)10(11)12(6,2)18-13/h3-4,10-11H,15H2,1-2H3/t10-,11+,12+,13+/m0/s1. The van der Waals surface area contributed by atoms with Gasteiger partial charge in [-0.25, -0.2) is 0 Å². The van der Waals surface area contributed by atoms with Crippen LogP contribution in [0.2, 0.25) is 0 Å². The molecule has 1 fully saturated rings. The summed E-state index contributed by atoms with van der Waals surface area (Å²) < 4.78 is 5.75. The molecular formula is C13H12N2O3. The first kappa shape index (κ1) is 11.3. The molecule has 0 radical (unpaired) electrons. The molecule has 2 bridgehead atoms. The molecule has 2 N–H and O–H groups in total. The van der Waals surface area contributed by atoms with E-state index < -0.39 is 23.2 Å². The van der Waals surface area contributed by atoms with Crippen LogP contribution in [0.25, 0.3) is 0 Å². The molecule has 18 heavy (non-hydrogen) atoms. The van der Waals surface area contributed by atoms with Crippen molar-refractivity contribution in [3.8, 4) is 6.07 Å². The molecular weight excluding hydrogens is 232 g/mol. The highest BCUT2D eigenvalue weighted by Gasteiger charge is 2.71. The Kier molecular flexibility index (Phi) is 1.87. The summed E-state index contributed by atoms with van der Waals surface area (Å²) in [6.45, 7) is 3.46. The van der Waals surface area contributed by atoms with Crippen molar-refractivity contribution in [2.75, 3.05) is 0 Å². The van der Waals surface area contributed by atoms with Gasteiger partial charge < -0.3 is 4.74 Å². The van der Waals surface area contributed by atoms with Gasteiger partial charge in [0.2, 0.25) is 0 Å². The normalized spacial score (nSPS) is 45.4. The van der Waals surface area contributed by atoms with E-state index in [1.54, 1.807) is 13.8 Å². The summed E-state index contributed by atoms with van der Waals surface area (Å²) >= 11 is 0. The van der Waals surface area contributed by atoms with Crippen LogP contribution in [-0.4, -0.2) is 22.9 Å². The van der Waals surface area contributed by atoms with Crippen LogP contribution in [0.5, 0.6) is 0 Å². The summed E-state index contributed by atoms with van der Waals surface area (Å²) in [6, 6.07) is 2.02. The Balaban J connectivity index is 2.29. The van der Waals surface area contributed by atoms with Crippen molar-refractivity contribution < 1.29 is 14.3 Å². The van der Waals surface area contributed by atoms with Gasteiger partial charge in [0, 0.05) is 0 Å². The van der Waals surface area contributed by atoms with E-state index in [2.05, 4.69) is 0 Å². The number of carbonyl (C=O) groups is 2. The molecule has 1 aliphatic carbocycles. The van der Waals surface area contributed by atoms with Crippen LogP contribution in [0.15, 0.2) is 23.3 Å². The Morgan fingerprint density at radius 1 is 1.33 bits per heavy atom. The lowest BCUT2D eigenvalue weighted by molar-refractivity contribution is -0.130. The van der Waals surface area contributed by atoms with E-state index in [0.29, 0.717) is 5.57 Å². The third-order valence-electron chi connectivity index (χ3n) is 4.42. The molecule has 3 rings (SSSR count). The number of fused-ring (bicyclic) bond motifs is 5. The highest BCUT2D eigenvalue weighted by Crippen LogP contribution is 2.59. The predicted octanol–water partition coefficient (Wildman–Crippen LogP) is 0.224. The Labute approximate surface area is 104 Å². The summed E-state index contributed by atoms with van der Waals surface area (Å²) in [4.78, 5) is 24.0. The van der Waals surface area contributed by atoms with Gasteiger partial charge in [-0.15, -0.1) is 0 Å². The molecule has 0 aromatic heterocycles. The van der Waals surface area contributed by atoms with Crippen LogP contribution in [0.3, 0.4) is 0 Å². The highest BCUT2D eigenvalue weighted by atomic mass is 16.6. The first-order valence-electron chi connectivity index (χ1n) is 5.73. The zero-order valence-corrected chi connectivity index (χ0v) is 10.1. The maximum absolute atomic E-state index is 12.0. The molecule has 3 aliphatic rings. The van der Waals surface area contributed by atoms with Crippen molar-refractivity contribution in [1.82, 2.24) is 0 Å². The summed E-state index contributed by atoms with van der Waals surface area (Å²) in [7, 11) is 0. The highest BCUT2D eigenvalue weighted by molar-refractivity contribution is 6.09. The second-order valence-electron chi connectivity index (χ2n) is 5.21. The van der Waals surface area contributed by atoms with Crippen LogP contribution >= 0.6 is 0 Å². The van der Waals surface area contributed by atoms with Crippen molar-refractivity contribution in [2.45, 2.75) is 25.2 Å². The van der Waals surface area contributed by atoms with Gasteiger partial charge >= 0.3 is 0 Å². The summed E-state index contributed by atoms with van der Waals surface area (Å²) in [5, 5.41) is 9.20. The average Bonchev–Trinajstić information content (AvgIpc) is 2.66. The molecule has 0 spiro atoms. The van der Waals surface area contributed by atoms with Crippen LogP contribution in [0, 0.1) is 23.2 Å². The first-order chi connectivity index (χ1) is 8.36. The van der Waals surface area contributed by atoms with Crippen LogP contribution in [0.1, 0.15) is 13.8 Å².